The van der Waals surface area contributed by atoms with Crippen LogP contribution in [0.15, 0.2) is 48.8 Å². The molecule has 10 heteroatoms. The summed E-state index contributed by atoms with van der Waals surface area (Å²) in [5.74, 6) is -0.355. The molecule has 4 N–H and O–H groups in total. The van der Waals surface area contributed by atoms with E-state index in [1.54, 1.807) is 42.6 Å². The summed E-state index contributed by atoms with van der Waals surface area (Å²) >= 11 is 6.21. The van der Waals surface area contributed by atoms with Gasteiger partial charge in [0.2, 0.25) is 5.95 Å². The van der Waals surface area contributed by atoms with Crippen LogP contribution in [0, 0.1) is 0 Å². The standard InChI is InChI=1S/C19H18ClN7O2/c1-27(2)18(29)16(28)12-5-3-4-6-14(12)25-17-13(20)10-23-19(26-17)24-11-7-8-15(21)22-9-11/h3-10H,1-2H3,(H2,21,22)(H2,23,24,25,26). The number of hydrogen-bond acceptors (Lipinski definition) is 8. The first-order valence-electron chi connectivity index (χ1n) is 8.48. The lowest BCUT2D eigenvalue weighted by Gasteiger charge is -2.14. The van der Waals surface area contributed by atoms with E-state index in [2.05, 4.69) is 25.6 Å². The molecule has 0 fully saturated rings. The van der Waals surface area contributed by atoms with Gasteiger partial charge in [-0.3, -0.25) is 9.59 Å². The SMILES string of the molecule is CN(C)C(=O)C(=O)c1ccccc1Nc1nc(Nc2ccc(N)nc2)ncc1Cl. The average molecular weight is 412 g/mol. The minimum absolute atomic E-state index is 0.207. The van der Waals surface area contributed by atoms with Crippen LogP contribution >= 0.6 is 11.6 Å². The second-order valence-electron chi connectivity index (χ2n) is 6.19. The Labute approximate surface area is 171 Å². The van der Waals surface area contributed by atoms with Crippen LogP contribution in [0.4, 0.5) is 29.0 Å². The van der Waals surface area contributed by atoms with Crippen molar-refractivity contribution < 1.29 is 9.59 Å². The zero-order valence-electron chi connectivity index (χ0n) is 15.7. The number of amides is 1. The predicted molar refractivity (Wildman–Crippen MR) is 112 cm³/mol. The number of anilines is 5. The summed E-state index contributed by atoms with van der Waals surface area (Å²) in [4.78, 5) is 38.2. The number of nitrogens with one attached hydrogen (secondary N) is 2. The van der Waals surface area contributed by atoms with Crippen molar-refractivity contribution in [1.29, 1.82) is 0 Å². The molecule has 0 saturated carbocycles. The molecule has 0 aliphatic carbocycles. The van der Waals surface area contributed by atoms with E-state index < -0.39 is 11.7 Å². The van der Waals surface area contributed by atoms with Crippen LogP contribution < -0.4 is 16.4 Å². The fraction of sp³-hybridized carbons (Fsp3) is 0.105. The van der Waals surface area contributed by atoms with Crippen LogP contribution in [-0.2, 0) is 4.79 Å². The van der Waals surface area contributed by atoms with Gasteiger partial charge in [0.15, 0.2) is 5.82 Å². The van der Waals surface area contributed by atoms with Gasteiger partial charge in [-0.1, -0.05) is 23.7 Å². The van der Waals surface area contributed by atoms with Gasteiger partial charge >= 0.3 is 0 Å². The molecule has 0 radical (unpaired) electrons. The molecule has 3 rings (SSSR count). The number of carbonyl (C=O) groups is 2. The van der Waals surface area contributed by atoms with Crippen molar-refractivity contribution in [3.8, 4) is 0 Å². The number of hydrogen-bond donors (Lipinski definition) is 3. The molecule has 3 aromatic rings. The first-order chi connectivity index (χ1) is 13.8. The third-order valence-electron chi connectivity index (χ3n) is 3.81. The van der Waals surface area contributed by atoms with Crippen molar-refractivity contribution in [2.24, 2.45) is 0 Å². The normalized spacial score (nSPS) is 10.3. The van der Waals surface area contributed by atoms with Crippen LogP contribution in [0.5, 0.6) is 0 Å². The first kappa shape index (κ1) is 20.0. The zero-order valence-corrected chi connectivity index (χ0v) is 16.4. The third kappa shape index (κ3) is 4.77. The highest BCUT2D eigenvalue weighted by molar-refractivity contribution is 6.43. The number of nitrogen functional groups attached to an aromatic ring is 1. The molecule has 0 unspecified atom stereocenters. The molecule has 1 aromatic carbocycles. The van der Waals surface area contributed by atoms with Gasteiger partial charge in [-0.25, -0.2) is 9.97 Å². The van der Waals surface area contributed by atoms with Gasteiger partial charge in [0.25, 0.3) is 11.7 Å². The van der Waals surface area contributed by atoms with Crippen LogP contribution in [-0.4, -0.2) is 45.6 Å². The monoisotopic (exact) mass is 411 g/mol. The van der Waals surface area contributed by atoms with Gasteiger partial charge in [-0.15, -0.1) is 0 Å². The molecule has 2 aromatic heterocycles. The summed E-state index contributed by atoms with van der Waals surface area (Å²) in [6.45, 7) is 0. The second kappa shape index (κ2) is 8.53. The summed E-state index contributed by atoms with van der Waals surface area (Å²) < 4.78 is 0. The Kier molecular flexibility index (Phi) is 5.89. The van der Waals surface area contributed by atoms with Crippen molar-refractivity contribution in [3.63, 3.8) is 0 Å². The lowest BCUT2D eigenvalue weighted by molar-refractivity contribution is -0.124. The molecule has 0 bridgehead atoms. The summed E-state index contributed by atoms with van der Waals surface area (Å²) in [5, 5.41) is 6.23. The molecule has 0 saturated heterocycles. The van der Waals surface area contributed by atoms with E-state index in [-0.39, 0.29) is 22.4 Å². The molecular formula is C19H18ClN7O2. The van der Waals surface area contributed by atoms with Crippen LogP contribution in [0.2, 0.25) is 5.02 Å². The van der Waals surface area contributed by atoms with Crippen molar-refractivity contribution in [2.75, 3.05) is 30.5 Å². The number of ketones is 1. The molecule has 1 amide bonds. The fourth-order valence-electron chi connectivity index (χ4n) is 2.36. The van der Waals surface area contributed by atoms with E-state index in [0.29, 0.717) is 17.2 Å². The molecule has 0 spiro atoms. The Balaban J connectivity index is 1.88. The first-order valence-corrected chi connectivity index (χ1v) is 8.86. The number of benzene rings is 1. The molecule has 2 heterocycles. The van der Waals surface area contributed by atoms with Gasteiger partial charge in [0.05, 0.1) is 29.3 Å². The molecule has 148 valence electrons. The third-order valence-corrected chi connectivity index (χ3v) is 4.09. The van der Waals surface area contributed by atoms with E-state index in [1.807, 2.05) is 0 Å². The Morgan fingerprint density at radius 3 is 2.48 bits per heavy atom. The minimum atomic E-state index is -0.644. The quantitative estimate of drug-likeness (QED) is 0.417. The number of nitrogens with zero attached hydrogens (tertiary/aromatic N) is 4. The lowest BCUT2D eigenvalue weighted by atomic mass is 10.1. The van der Waals surface area contributed by atoms with Gasteiger partial charge < -0.3 is 21.3 Å². The maximum absolute atomic E-state index is 12.5. The van der Waals surface area contributed by atoms with Gasteiger partial charge in [-0.05, 0) is 24.3 Å². The maximum atomic E-state index is 12.5. The van der Waals surface area contributed by atoms with Gasteiger partial charge in [0, 0.05) is 14.1 Å². The van der Waals surface area contributed by atoms with E-state index in [0.717, 1.165) is 0 Å². The minimum Gasteiger partial charge on any atom is -0.384 e. The zero-order chi connectivity index (χ0) is 21.0. The largest absolute Gasteiger partial charge is 0.384 e. The number of Topliss-reactive ketones (excluding diaryl/α,β-unsaturated/α-hetero) is 1. The smallest absolute Gasteiger partial charge is 0.294 e. The summed E-state index contributed by atoms with van der Waals surface area (Å²) in [5.41, 5.74) is 6.82. The predicted octanol–water partition coefficient (Wildman–Crippen LogP) is 2.87. The summed E-state index contributed by atoms with van der Waals surface area (Å²) in [6.07, 6.45) is 2.96. The number of para-hydroxylation sites is 1. The molecule has 0 aliphatic rings. The molecule has 29 heavy (non-hydrogen) atoms. The highest BCUT2D eigenvalue weighted by Crippen LogP contribution is 2.27. The van der Waals surface area contributed by atoms with Crippen molar-refractivity contribution in [3.05, 3.63) is 59.4 Å². The summed E-state index contributed by atoms with van der Waals surface area (Å²) in [6, 6.07) is 9.98. The van der Waals surface area contributed by atoms with E-state index >= 15 is 0 Å². The van der Waals surface area contributed by atoms with Gasteiger partial charge in [-0.2, -0.15) is 4.98 Å². The van der Waals surface area contributed by atoms with Crippen LogP contribution in [0.3, 0.4) is 0 Å². The Hall–Kier alpha value is -3.72. The van der Waals surface area contributed by atoms with E-state index in [4.69, 9.17) is 17.3 Å². The van der Waals surface area contributed by atoms with Crippen LogP contribution in [0.1, 0.15) is 10.4 Å². The molecular weight excluding hydrogens is 394 g/mol. The number of rotatable bonds is 6. The lowest BCUT2D eigenvalue weighted by Crippen LogP contribution is -2.30. The van der Waals surface area contributed by atoms with E-state index in [9.17, 15) is 9.59 Å². The van der Waals surface area contributed by atoms with Crippen molar-refractivity contribution >= 4 is 52.3 Å². The maximum Gasteiger partial charge on any atom is 0.294 e. The Bertz CT molecular complexity index is 1050. The molecule has 0 atom stereocenters. The number of halogens is 1. The number of aromatic nitrogens is 3. The Morgan fingerprint density at radius 2 is 1.79 bits per heavy atom. The number of carbonyl (C=O) groups excluding carboxylic acids is 2. The molecule has 0 aliphatic heterocycles. The summed E-state index contributed by atoms with van der Waals surface area (Å²) in [7, 11) is 3.03. The highest BCUT2D eigenvalue weighted by Gasteiger charge is 2.21. The van der Waals surface area contributed by atoms with Crippen molar-refractivity contribution in [2.45, 2.75) is 0 Å². The number of pyridine rings is 1. The number of likely N-dealkylation sites (N-methyl/N-ethyl adjacent to an activating group) is 1. The highest BCUT2D eigenvalue weighted by atomic mass is 35.5. The second-order valence-corrected chi connectivity index (χ2v) is 6.59. The van der Waals surface area contributed by atoms with E-state index in [1.165, 1.54) is 25.2 Å². The number of nitrogens with two attached hydrogens (primary N) is 1. The van der Waals surface area contributed by atoms with Crippen molar-refractivity contribution in [1.82, 2.24) is 19.9 Å². The topological polar surface area (TPSA) is 126 Å². The molecule has 9 nitrogen and oxygen atoms in total. The van der Waals surface area contributed by atoms with Gasteiger partial charge in [0.1, 0.15) is 10.8 Å². The Morgan fingerprint density at radius 1 is 1.03 bits per heavy atom. The fourth-order valence-corrected chi connectivity index (χ4v) is 2.50. The average Bonchev–Trinajstić information content (AvgIpc) is 2.71. The van der Waals surface area contributed by atoms with Crippen LogP contribution in [0.25, 0.3) is 0 Å².